The van der Waals surface area contributed by atoms with E-state index in [1.165, 1.54) is 5.52 Å². The Hall–Kier alpha value is -3.91. The zero-order chi connectivity index (χ0) is 20.9. The van der Waals surface area contributed by atoms with Crippen LogP contribution < -0.4 is 5.32 Å². The molecule has 0 aliphatic carbocycles. The maximum atomic E-state index is 12.5. The summed E-state index contributed by atoms with van der Waals surface area (Å²) in [7, 11) is 0. The number of rotatable bonds is 6. The van der Waals surface area contributed by atoms with E-state index in [9.17, 15) is 4.79 Å². The molecule has 4 aromatic rings. The summed E-state index contributed by atoms with van der Waals surface area (Å²) in [6, 6.07) is 24.8. The van der Waals surface area contributed by atoms with Gasteiger partial charge in [-0.2, -0.15) is 5.26 Å². The highest BCUT2D eigenvalue weighted by molar-refractivity contribution is 6.04. The van der Waals surface area contributed by atoms with Crippen LogP contribution in [-0.2, 0) is 19.4 Å². The molecule has 0 aliphatic rings. The Balaban J connectivity index is 1.46. The predicted octanol–water partition coefficient (Wildman–Crippen LogP) is 4.97. The maximum Gasteiger partial charge on any atom is 0.255 e. The lowest BCUT2D eigenvalue weighted by Crippen LogP contribution is -2.12. The van der Waals surface area contributed by atoms with Crippen LogP contribution in [0.4, 0.5) is 5.69 Å². The Morgan fingerprint density at radius 2 is 1.83 bits per heavy atom. The largest absolute Gasteiger partial charge is 0.328 e. The van der Waals surface area contributed by atoms with Gasteiger partial charge in [0.25, 0.3) is 5.91 Å². The number of imidazole rings is 1. The molecule has 0 unspecified atom stereocenters. The average Bonchev–Trinajstić information content (AvgIpc) is 3.15. The minimum absolute atomic E-state index is 0.190. The Labute approximate surface area is 175 Å². The van der Waals surface area contributed by atoms with Gasteiger partial charge in [-0.1, -0.05) is 24.3 Å². The van der Waals surface area contributed by atoms with Crippen molar-refractivity contribution in [3.63, 3.8) is 0 Å². The maximum absolute atomic E-state index is 12.5. The Bertz CT molecular complexity index is 1230. The van der Waals surface area contributed by atoms with Crippen LogP contribution in [0.2, 0.25) is 0 Å². The molecule has 30 heavy (non-hydrogen) atoms. The van der Waals surface area contributed by atoms with Crippen LogP contribution in [0.1, 0.15) is 34.2 Å². The fourth-order valence-electron chi connectivity index (χ4n) is 3.63. The van der Waals surface area contributed by atoms with E-state index in [1.54, 1.807) is 24.3 Å². The first-order valence-electron chi connectivity index (χ1n) is 10.0. The van der Waals surface area contributed by atoms with Crippen molar-refractivity contribution >= 4 is 22.6 Å². The van der Waals surface area contributed by atoms with Crippen LogP contribution in [0.15, 0.2) is 72.8 Å². The molecule has 3 aromatic carbocycles. The van der Waals surface area contributed by atoms with Crippen molar-refractivity contribution < 1.29 is 4.79 Å². The van der Waals surface area contributed by atoms with Crippen molar-refractivity contribution in [3.8, 4) is 6.07 Å². The van der Waals surface area contributed by atoms with E-state index in [4.69, 9.17) is 10.2 Å². The van der Waals surface area contributed by atoms with E-state index >= 15 is 0 Å². The SMILES string of the molecule is CCn1c(CCc2cccc(NC(=O)c3ccc(C#N)cc3)c2)nc2ccccc21. The zero-order valence-corrected chi connectivity index (χ0v) is 16.8. The van der Waals surface area contributed by atoms with Gasteiger partial charge < -0.3 is 9.88 Å². The molecule has 0 fully saturated rings. The smallest absolute Gasteiger partial charge is 0.255 e. The van der Waals surface area contributed by atoms with Crippen molar-refractivity contribution in [2.75, 3.05) is 5.32 Å². The van der Waals surface area contributed by atoms with Gasteiger partial charge >= 0.3 is 0 Å². The molecule has 1 aromatic heterocycles. The summed E-state index contributed by atoms with van der Waals surface area (Å²) in [6.45, 7) is 3.02. The standard InChI is InChI=1S/C25H22N4O/c1-2-29-23-9-4-3-8-22(23)28-24(29)15-12-18-6-5-7-21(16-18)27-25(30)20-13-10-19(17-26)11-14-20/h3-11,13-14,16H,2,12,15H2,1H3,(H,27,30). The fourth-order valence-corrected chi connectivity index (χ4v) is 3.63. The molecule has 0 spiro atoms. The van der Waals surface area contributed by atoms with Crippen molar-refractivity contribution in [2.24, 2.45) is 0 Å². The number of fused-ring (bicyclic) bond motifs is 1. The average molecular weight is 394 g/mol. The van der Waals surface area contributed by atoms with Crippen LogP contribution in [-0.4, -0.2) is 15.5 Å². The second-order valence-electron chi connectivity index (χ2n) is 7.10. The van der Waals surface area contributed by atoms with E-state index in [2.05, 4.69) is 35.0 Å². The summed E-state index contributed by atoms with van der Waals surface area (Å²) in [5.41, 5.74) is 5.15. The van der Waals surface area contributed by atoms with E-state index in [1.807, 2.05) is 36.4 Å². The summed E-state index contributed by atoms with van der Waals surface area (Å²) in [5, 5.41) is 11.8. The number of benzene rings is 3. The number of nitrogens with zero attached hydrogens (tertiary/aromatic N) is 3. The third-order valence-electron chi connectivity index (χ3n) is 5.15. The third kappa shape index (κ3) is 4.08. The van der Waals surface area contributed by atoms with Gasteiger partial charge in [-0.3, -0.25) is 4.79 Å². The van der Waals surface area contributed by atoms with Gasteiger partial charge in [-0.15, -0.1) is 0 Å². The highest BCUT2D eigenvalue weighted by atomic mass is 16.1. The quantitative estimate of drug-likeness (QED) is 0.502. The Morgan fingerprint density at radius 3 is 2.60 bits per heavy atom. The normalized spacial score (nSPS) is 10.7. The number of amides is 1. The Kier molecular flexibility index (Phi) is 5.58. The summed E-state index contributed by atoms with van der Waals surface area (Å²) in [5.74, 6) is 0.884. The molecule has 1 heterocycles. The summed E-state index contributed by atoms with van der Waals surface area (Å²) >= 11 is 0. The van der Waals surface area contributed by atoms with Gasteiger partial charge in [-0.25, -0.2) is 4.98 Å². The molecule has 148 valence electrons. The van der Waals surface area contributed by atoms with E-state index in [0.29, 0.717) is 11.1 Å². The highest BCUT2D eigenvalue weighted by Crippen LogP contribution is 2.19. The third-order valence-corrected chi connectivity index (χ3v) is 5.15. The number of hydrogen-bond donors (Lipinski definition) is 1. The van der Waals surface area contributed by atoms with Crippen LogP contribution >= 0.6 is 0 Å². The number of anilines is 1. The summed E-state index contributed by atoms with van der Waals surface area (Å²) in [6.07, 6.45) is 1.67. The molecular weight excluding hydrogens is 372 g/mol. The first-order chi connectivity index (χ1) is 14.7. The molecule has 1 N–H and O–H groups in total. The topological polar surface area (TPSA) is 70.7 Å². The lowest BCUT2D eigenvalue weighted by Gasteiger charge is -2.09. The highest BCUT2D eigenvalue weighted by Gasteiger charge is 2.10. The minimum atomic E-state index is -0.190. The summed E-state index contributed by atoms with van der Waals surface area (Å²) in [4.78, 5) is 17.3. The van der Waals surface area contributed by atoms with Crippen molar-refractivity contribution in [1.29, 1.82) is 5.26 Å². The molecule has 0 atom stereocenters. The molecule has 0 bridgehead atoms. The van der Waals surface area contributed by atoms with E-state index in [-0.39, 0.29) is 5.91 Å². The number of carbonyl (C=O) groups excluding carboxylic acids is 1. The van der Waals surface area contributed by atoms with Gasteiger partial charge in [0.15, 0.2) is 0 Å². The second kappa shape index (κ2) is 8.62. The second-order valence-corrected chi connectivity index (χ2v) is 7.10. The molecule has 0 saturated heterocycles. The van der Waals surface area contributed by atoms with Crippen molar-refractivity contribution in [3.05, 3.63) is 95.3 Å². The van der Waals surface area contributed by atoms with Crippen LogP contribution in [0.25, 0.3) is 11.0 Å². The molecule has 4 rings (SSSR count). The first-order valence-corrected chi connectivity index (χ1v) is 10.0. The number of para-hydroxylation sites is 2. The number of nitriles is 1. The number of aryl methyl sites for hydroxylation is 3. The van der Waals surface area contributed by atoms with Gasteiger partial charge in [0.1, 0.15) is 5.82 Å². The molecule has 0 aliphatic heterocycles. The molecule has 0 saturated carbocycles. The molecule has 5 heteroatoms. The zero-order valence-electron chi connectivity index (χ0n) is 16.8. The number of carbonyl (C=O) groups is 1. The van der Waals surface area contributed by atoms with Gasteiger partial charge in [0.05, 0.1) is 22.7 Å². The van der Waals surface area contributed by atoms with E-state index < -0.39 is 0 Å². The number of hydrogen-bond acceptors (Lipinski definition) is 3. The van der Waals surface area contributed by atoms with Gasteiger partial charge in [0.2, 0.25) is 0 Å². The van der Waals surface area contributed by atoms with Crippen LogP contribution in [0, 0.1) is 11.3 Å². The lowest BCUT2D eigenvalue weighted by atomic mass is 10.1. The molecular formula is C25H22N4O. The Morgan fingerprint density at radius 1 is 1.03 bits per heavy atom. The first kappa shape index (κ1) is 19.4. The van der Waals surface area contributed by atoms with E-state index in [0.717, 1.165) is 42.0 Å². The van der Waals surface area contributed by atoms with Crippen LogP contribution in [0.5, 0.6) is 0 Å². The van der Waals surface area contributed by atoms with Crippen LogP contribution in [0.3, 0.4) is 0 Å². The predicted molar refractivity (Wildman–Crippen MR) is 118 cm³/mol. The van der Waals surface area contributed by atoms with Crippen molar-refractivity contribution in [1.82, 2.24) is 9.55 Å². The van der Waals surface area contributed by atoms with Crippen molar-refractivity contribution in [2.45, 2.75) is 26.3 Å². The molecule has 5 nitrogen and oxygen atoms in total. The minimum Gasteiger partial charge on any atom is -0.328 e. The summed E-state index contributed by atoms with van der Waals surface area (Å²) < 4.78 is 2.26. The molecule has 1 amide bonds. The number of nitrogens with one attached hydrogen (secondary N) is 1. The number of aromatic nitrogens is 2. The fraction of sp³-hybridized carbons (Fsp3) is 0.160. The van der Waals surface area contributed by atoms with Gasteiger partial charge in [0, 0.05) is 24.2 Å². The van der Waals surface area contributed by atoms with Gasteiger partial charge in [-0.05, 0) is 67.4 Å². The lowest BCUT2D eigenvalue weighted by molar-refractivity contribution is 0.102. The monoisotopic (exact) mass is 394 g/mol. The molecule has 0 radical (unpaired) electrons.